The molecule has 0 aliphatic rings. The molecule has 1 amide bonds. The first-order chi connectivity index (χ1) is 11.8. The van der Waals surface area contributed by atoms with Crippen LogP contribution in [0, 0.1) is 0 Å². The fourth-order valence-corrected chi connectivity index (χ4v) is 3.52. The standard InChI is InChI=1S/C22H46N2O.ClH/c1-6-7-8-9-10-11-12-13-14-15-16-17-18-19-22(25)23-21(2)20-24(3,4)5;/h21H,6-20H2,1-5H3;1H. The summed E-state index contributed by atoms with van der Waals surface area (Å²) >= 11 is 0. The van der Waals surface area contributed by atoms with Crippen molar-refractivity contribution in [2.24, 2.45) is 0 Å². The molecular formula is C22H47ClN2O. The van der Waals surface area contributed by atoms with Gasteiger partial charge in [-0.15, -0.1) is 0 Å². The third-order valence-corrected chi connectivity index (χ3v) is 4.74. The Morgan fingerprint density at radius 2 is 1.15 bits per heavy atom. The SMILES string of the molecule is CCCCCCCCCCCCCCCC(=O)NC(C)C[N+](C)(C)C.[Cl-]. The largest absolute Gasteiger partial charge is 1.00 e. The molecule has 0 heterocycles. The van der Waals surface area contributed by atoms with Gasteiger partial charge >= 0.3 is 0 Å². The van der Waals surface area contributed by atoms with Crippen LogP contribution in [0.4, 0.5) is 0 Å². The molecule has 0 saturated carbocycles. The lowest BCUT2D eigenvalue weighted by atomic mass is 10.0. The van der Waals surface area contributed by atoms with E-state index in [9.17, 15) is 4.79 Å². The van der Waals surface area contributed by atoms with Crippen molar-refractivity contribution in [2.45, 2.75) is 110 Å². The number of amides is 1. The summed E-state index contributed by atoms with van der Waals surface area (Å²) in [6.07, 6.45) is 18.2. The van der Waals surface area contributed by atoms with Gasteiger partial charge < -0.3 is 22.2 Å². The number of nitrogens with one attached hydrogen (secondary N) is 1. The minimum Gasteiger partial charge on any atom is -1.00 e. The summed E-state index contributed by atoms with van der Waals surface area (Å²) in [6.45, 7) is 5.36. The first-order valence-corrected chi connectivity index (χ1v) is 10.9. The summed E-state index contributed by atoms with van der Waals surface area (Å²) in [5, 5.41) is 3.13. The zero-order valence-electron chi connectivity index (χ0n) is 18.4. The number of nitrogens with zero attached hydrogens (tertiary/aromatic N) is 1. The summed E-state index contributed by atoms with van der Waals surface area (Å²) < 4.78 is 0.889. The molecule has 0 spiro atoms. The number of unbranched alkanes of at least 4 members (excludes halogenated alkanes) is 12. The van der Waals surface area contributed by atoms with Crippen LogP contribution < -0.4 is 17.7 Å². The number of hydrogen-bond acceptors (Lipinski definition) is 1. The number of quaternary nitrogens is 1. The number of carbonyl (C=O) groups excluding carboxylic acids is 1. The zero-order valence-corrected chi connectivity index (χ0v) is 19.2. The van der Waals surface area contributed by atoms with E-state index in [1.165, 1.54) is 77.0 Å². The lowest BCUT2D eigenvalue weighted by Gasteiger charge is -2.27. The Kier molecular flexibility index (Phi) is 19.4. The summed E-state index contributed by atoms with van der Waals surface area (Å²) in [5.41, 5.74) is 0. The fourth-order valence-electron chi connectivity index (χ4n) is 3.52. The molecule has 26 heavy (non-hydrogen) atoms. The van der Waals surface area contributed by atoms with Gasteiger partial charge in [-0.1, -0.05) is 84.0 Å². The van der Waals surface area contributed by atoms with E-state index in [1.54, 1.807) is 0 Å². The van der Waals surface area contributed by atoms with Gasteiger partial charge in [-0.25, -0.2) is 0 Å². The second-order valence-electron chi connectivity index (χ2n) is 8.93. The van der Waals surface area contributed by atoms with Crippen molar-refractivity contribution in [2.75, 3.05) is 27.7 Å². The molecule has 0 aliphatic carbocycles. The molecule has 1 unspecified atom stereocenters. The Morgan fingerprint density at radius 1 is 0.769 bits per heavy atom. The maximum Gasteiger partial charge on any atom is 0.220 e. The first kappa shape index (κ1) is 27.9. The second kappa shape index (κ2) is 18.1. The van der Waals surface area contributed by atoms with Crippen molar-refractivity contribution < 1.29 is 21.7 Å². The van der Waals surface area contributed by atoms with E-state index < -0.39 is 0 Å². The third kappa shape index (κ3) is 21.8. The van der Waals surface area contributed by atoms with E-state index in [1.807, 2.05) is 0 Å². The van der Waals surface area contributed by atoms with Crippen LogP contribution in [-0.4, -0.2) is 44.1 Å². The minimum absolute atomic E-state index is 0. The Labute approximate surface area is 170 Å². The van der Waals surface area contributed by atoms with Gasteiger partial charge in [0.05, 0.1) is 33.7 Å². The number of likely N-dealkylation sites (N-methyl/N-ethyl adjacent to an activating group) is 1. The summed E-state index contributed by atoms with van der Waals surface area (Å²) in [4.78, 5) is 11.9. The maximum absolute atomic E-state index is 11.9. The van der Waals surface area contributed by atoms with Gasteiger partial charge in [0.2, 0.25) is 5.91 Å². The van der Waals surface area contributed by atoms with Crippen molar-refractivity contribution in [1.82, 2.24) is 5.32 Å². The average Bonchev–Trinajstić information content (AvgIpc) is 2.49. The van der Waals surface area contributed by atoms with Gasteiger partial charge in [0, 0.05) is 6.42 Å². The van der Waals surface area contributed by atoms with E-state index in [0.29, 0.717) is 6.42 Å². The van der Waals surface area contributed by atoms with Gasteiger partial charge in [0.15, 0.2) is 0 Å². The van der Waals surface area contributed by atoms with Crippen LogP contribution in [-0.2, 0) is 4.79 Å². The summed E-state index contributed by atoms with van der Waals surface area (Å²) in [7, 11) is 6.49. The minimum atomic E-state index is 0. The predicted molar refractivity (Wildman–Crippen MR) is 111 cm³/mol. The predicted octanol–water partition coefficient (Wildman–Crippen LogP) is 2.68. The van der Waals surface area contributed by atoms with Crippen LogP contribution in [0.1, 0.15) is 104 Å². The highest BCUT2D eigenvalue weighted by molar-refractivity contribution is 5.76. The van der Waals surface area contributed by atoms with Crippen molar-refractivity contribution in [1.29, 1.82) is 0 Å². The third-order valence-electron chi connectivity index (χ3n) is 4.74. The molecule has 1 N–H and O–H groups in total. The Morgan fingerprint density at radius 3 is 1.54 bits per heavy atom. The van der Waals surface area contributed by atoms with E-state index in [0.717, 1.165) is 17.4 Å². The molecule has 0 aromatic heterocycles. The van der Waals surface area contributed by atoms with Crippen molar-refractivity contribution in [3.8, 4) is 0 Å². The lowest BCUT2D eigenvalue weighted by Crippen LogP contribution is -3.00. The normalized spacial score (nSPS) is 12.5. The topological polar surface area (TPSA) is 29.1 Å². The fraction of sp³-hybridized carbons (Fsp3) is 0.955. The van der Waals surface area contributed by atoms with Gasteiger partial charge in [-0.2, -0.15) is 0 Å². The van der Waals surface area contributed by atoms with E-state index >= 15 is 0 Å². The van der Waals surface area contributed by atoms with Crippen molar-refractivity contribution >= 4 is 5.91 Å². The Balaban J connectivity index is 0. The molecule has 0 aliphatic heterocycles. The van der Waals surface area contributed by atoms with Crippen LogP contribution in [0.25, 0.3) is 0 Å². The highest BCUT2D eigenvalue weighted by Crippen LogP contribution is 2.13. The molecular weight excluding hydrogens is 344 g/mol. The molecule has 0 aromatic carbocycles. The molecule has 0 radical (unpaired) electrons. The average molecular weight is 391 g/mol. The molecule has 0 rings (SSSR count). The highest BCUT2D eigenvalue weighted by atomic mass is 35.5. The molecule has 0 saturated heterocycles. The number of hydrogen-bond donors (Lipinski definition) is 1. The van der Waals surface area contributed by atoms with E-state index in [2.05, 4.69) is 40.3 Å². The Hall–Kier alpha value is -0.280. The molecule has 4 heteroatoms. The molecule has 0 fully saturated rings. The van der Waals surface area contributed by atoms with Gasteiger partial charge in [0.25, 0.3) is 0 Å². The summed E-state index contributed by atoms with van der Waals surface area (Å²) in [6, 6.07) is 0.259. The van der Waals surface area contributed by atoms with Crippen molar-refractivity contribution in [3.63, 3.8) is 0 Å². The molecule has 1 atom stereocenters. The zero-order chi connectivity index (χ0) is 19.0. The lowest BCUT2D eigenvalue weighted by molar-refractivity contribution is -0.871. The van der Waals surface area contributed by atoms with Crippen LogP contribution in [0.3, 0.4) is 0 Å². The Bertz CT molecular complexity index is 316. The molecule has 158 valence electrons. The van der Waals surface area contributed by atoms with E-state index in [4.69, 9.17) is 0 Å². The number of rotatable bonds is 17. The van der Waals surface area contributed by atoms with Crippen LogP contribution in [0.15, 0.2) is 0 Å². The van der Waals surface area contributed by atoms with Crippen molar-refractivity contribution in [3.05, 3.63) is 0 Å². The molecule has 3 nitrogen and oxygen atoms in total. The quantitative estimate of drug-likeness (QED) is 0.300. The van der Waals surface area contributed by atoms with Crippen LogP contribution in [0.2, 0.25) is 0 Å². The molecule has 0 bridgehead atoms. The summed E-state index contributed by atoms with van der Waals surface area (Å²) in [5.74, 6) is 0.226. The van der Waals surface area contributed by atoms with Crippen LogP contribution >= 0.6 is 0 Å². The van der Waals surface area contributed by atoms with Gasteiger partial charge in [0.1, 0.15) is 0 Å². The number of carbonyl (C=O) groups is 1. The highest BCUT2D eigenvalue weighted by Gasteiger charge is 2.15. The molecule has 0 aromatic rings. The first-order valence-electron chi connectivity index (χ1n) is 10.9. The van der Waals surface area contributed by atoms with Gasteiger partial charge in [-0.05, 0) is 13.3 Å². The van der Waals surface area contributed by atoms with E-state index in [-0.39, 0.29) is 24.4 Å². The maximum atomic E-state index is 11.9. The van der Waals surface area contributed by atoms with Gasteiger partial charge in [-0.3, -0.25) is 4.79 Å². The number of halogens is 1. The van der Waals surface area contributed by atoms with Crippen LogP contribution in [0.5, 0.6) is 0 Å². The smallest absolute Gasteiger partial charge is 0.220 e. The monoisotopic (exact) mass is 390 g/mol. The second-order valence-corrected chi connectivity index (χ2v) is 8.93.